The van der Waals surface area contributed by atoms with E-state index in [9.17, 15) is 23.7 Å². The minimum absolute atomic E-state index is 0.113. The van der Waals surface area contributed by atoms with E-state index in [0.29, 0.717) is 5.56 Å². The lowest BCUT2D eigenvalue weighted by Gasteiger charge is -2.09. The Hall–Kier alpha value is -3.75. The average Bonchev–Trinajstić information content (AvgIpc) is 2.67. The lowest BCUT2D eigenvalue weighted by Crippen LogP contribution is -2.11. The van der Waals surface area contributed by atoms with Gasteiger partial charge in [0.05, 0.1) is 6.26 Å². The molecule has 0 aromatic heterocycles. The minimum Gasteiger partial charge on any atom is -0.288 e. The van der Waals surface area contributed by atoms with Crippen LogP contribution in [0.4, 0.5) is 0 Å². The van der Waals surface area contributed by atoms with Gasteiger partial charge in [-0.3, -0.25) is 9.08 Å². The first-order chi connectivity index (χ1) is 12.9. The lowest BCUT2D eigenvalue weighted by atomic mass is 9.92. The van der Waals surface area contributed by atoms with Crippen molar-refractivity contribution in [3.63, 3.8) is 0 Å². The van der Waals surface area contributed by atoms with E-state index in [4.69, 9.17) is 0 Å². The third kappa shape index (κ3) is 5.11. The van der Waals surface area contributed by atoms with Gasteiger partial charge in [-0.05, 0) is 5.56 Å². The molecule has 2 aromatic rings. The zero-order valence-electron chi connectivity index (χ0n) is 14.2. The van der Waals surface area contributed by atoms with Gasteiger partial charge in [-0.25, -0.2) is 0 Å². The summed E-state index contributed by atoms with van der Waals surface area (Å²) in [4.78, 5) is 12.8. The van der Waals surface area contributed by atoms with E-state index in [0.717, 1.165) is 6.26 Å². The number of hydrogen-bond acceptors (Lipinski definition) is 7. The van der Waals surface area contributed by atoms with Crippen molar-refractivity contribution in [2.75, 3.05) is 6.26 Å². The molecule has 0 saturated carbocycles. The summed E-state index contributed by atoms with van der Waals surface area (Å²) in [6.07, 6.45) is 0.762. The molecule has 134 valence electrons. The highest BCUT2D eigenvalue weighted by atomic mass is 32.2. The fourth-order valence-corrected chi connectivity index (χ4v) is 2.40. The first-order valence-corrected chi connectivity index (χ1v) is 9.35. The van der Waals surface area contributed by atoms with Crippen LogP contribution in [0.1, 0.15) is 15.9 Å². The standard InChI is InChI=1S/C19H13N3O4S/c1-27(24,25)26-22-17(13-21)18(14-8-4-2-5-9-14)16(12-20)19(23)15-10-6-3-7-11-15/h2-11H,1H3/b18-16-,22-17-. The zero-order valence-corrected chi connectivity index (χ0v) is 15.0. The third-order valence-corrected chi connectivity index (χ3v) is 3.64. The Balaban J connectivity index is 2.75. The van der Waals surface area contributed by atoms with E-state index in [2.05, 4.69) is 9.44 Å². The van der Waals surface area contributed by atoms with Crippen LogP contribution in [0.15, 0.2) is 71.4 Å². The number of rotatable bonds is 6. The Kier molecular flexibility index (Phi) is 6.21. The van der Waals surface area contributed by atoms with E-state index >= 15 is 0 Å². The normalized spacial score (nSPS) is 12.3. The molecule has 0 amide bonds. The van der Waals surface area contributed by atoms with Crippen LogP contribution in [-0.4, -0.2) is 26.2 Å². The number of carbonyl (C=O) groups is 1. The van der Waals surface area contributed by atoms with Gasteiger partial charge in [0.2, 0.25) is 5.78 Å². The van der Waals surface area contributed by atoms with E-state index < -0.39 is 21.6 Å². The maximum Gasteiger partial charge on any atom is 0.325 e. The number of hydrogen-bond donors (Lipinski definition) is 0. The number of carbonyl (C=O) groups excluding carboxylic acids is 1. The van der Waals surface area contributed by atoms with Crippen molar-refractivity contribution in [1.82, 2.24) is 0 Å². The van der Waals surface area contributed by atoms with Crippen LogP contribution in [0, 0.1) is 22.7 Å². The lowest BCUT2D eigenvalue weighted by molar-refractivity contribution is 0.104. The number of Topliss-reactive ketones (excluding diaryl/α,β-unsaturated/α-hetero) is 1. The Morgan fingerprint density at radius 3 is 1.89 bits per heavy atom. The molecule has 27 heavy (non-hydrogen) atoms. The molecule has 0 N–H and O–H groups in total. The molecule has 2 rings (SSSR count). The molecule has 0 saturated heterocycles. The van der Waals surface area contributed by atoms with Gasteiger partial charge in [0, 0.05) is 11.1 Å². The van der Waals surface area contributed by atoms with Crippen LogP contribution in [-0.2, 0) is 14.4 Å². The maximum atomic E-state index is 12.8. The van der Waals surface area contributed by atoms with Gasteiger partial charge in [-0.2, -0.15) is 18.9 Å². The molecule has 0 spiro atoms. The van der Waals surface area contributed by atoms with Crippen molar-refractivity contribution in [2.24, 2.45) is 5.16 Å². The second-order valence-electron chi connectivity index (χ2n) is 5.25. The smallest absolute Gasteiger partial charge is 0.288 e. The van der Waals surface area contributed by atoms with Gasteiger partial charge in [0.15, 0.2) is 5.71 Å². The highest BCUT2D eigenvalue weighted by molar-refractivity contribution is 7.85. The molecule has 2 aromatic carbocycles. The number of nitrogens with zero attached hydrogens (tertiary/aromatic N) is 3. The number of oxime groups is 1. The van der Waals surface area contributed by atoms with E-state index in [1.165, 1.54) is 12.1 Å². The molecule has 0 heterocycles. The van der Waals surface area contributed by atoms with Gasteiger partial charge in [0.1, 0.15) is 17.7 Å². The van der Waals surface area contributed by atoms with Crippen LogP contribution in [0.25, 0.3) is 5.57 Å². The third-order valence-electron chi connectivity index (χ3n) is 3.29. The van der Waals surface area contributed by atoms with Crippen molar-refractivity contribution in [3.8, 4) is 12.1 Å². The molecule has 0 aliphatic heterocycles. The van der Waals surface area contributed by atoms with Crippen molar-refractivity contribution in [1.29, 1.82) is 10.5 Å². The van der Waals surface area contributed by atoms with Gasteiger partial charge in [0.25, 0.3) is 0 Å². The van der Waals surface area contributed by atoms with Gasteiger partial charge in [-0.1, -0.05) is 65.8 Å². The van der Waals surface area contributed by atoms with Crippen molar-refractivity contribution in [2.45, 2.75) is 0 Å². The maximum absolute atomic E-state index is 12.8. The number of nitriles is 2. The Morgan fingerprint density at radius 2 is 1.44 bits per heavy atom. The summed E-state index contributed by atoms with van der Waals surface area (Å²) in [5.41, 5.74) is -0.394. The summed E-state index contributed by atoms with van der Waals surface area (Å²) in [5, 5.41) is 22.4. The molecular formula is C19H13N3O4S. The van der Waals surface area contributed by atoms with Crippen LogP contribution >= 0.6 is 0 Å². The molecule has 0 radical (unpaired) electrons. The molecule has 0 bridgehead atoms. The SMILES string of the molecule is CS(=O)(=O)O/N=C(C#N)\C(=C(\C#N)C(=O)c1ccccc1)c1ccccc1. The molecule has 0 unspecified atom stereocenters. The van der Waals surface area contributed by atoms with Crippen LogP contribution in [0.3, 0.4) is 0 Å². The van der Waals surface area contributed by atoms with E-state index in [1.54, 1.807) is 60.7 Å². The summed E-state index contributed by atoms with van der Waals surface area (Å²) in [6.45, 7) is 0. The quantitative estimate of drug-likeness (QED) is 0.250. The number of allylic oxidation sites excluding steroid dienone is 2. The van der Waals surface area contributed by atoms with Crippen molar-refractivity contribution in [3.05, 3.63) is 77.4 Å². The Labute approximate surface area is 156 Å². The predicted octanol–water partition coefficient (Wildman–Crippen LogP) is 2.70. The molecule has 0 aliphatic rings. The zero-order chi connectivity index (χ0) is 19.9. The highest BCUT2D eigenvalue weighted by Gasteiger charge is 2.23. The first kappa shape index (κ1) is 19.6. The Bertz CT molecular complexity index is 1090. The highest BCUT2D eigenvalue weighted by Crippen LogP contribution is 2.24. The number of ketones is 1. The topological polar surface area (TPSA) is 120 Å². The molecule has 0 atom stereocenters. The summed E-state index contributed by atoms with van der Waals surface area (Å²) < 4.78 is 26.8. The van der Waals surface area contributed by atoms with E-state index in [-0.39, 0.29) is 16.7 Å². The summed E-state index contributed by atoms with van der Waals surface area (Å²) in [6, 6.07) is 19.7. The van der Waals surface area contributed by atoms with Crippen LogP contribution in [0.5, 0.6) is 0 Å². The summed E-state index contributed by atoms with van der Waals surface area (Å²) in [5.74, 6) is -0.626. The molecular weight excluding hydrogens is 366 g/mol. The van der Waals surface area contributed by atoms with Gasteiger partial charge >= 0.3 is 10.1 Å². The van der Waals surface area contributed by atoms with Crippen LogP contribution < -0.4 is 0 Å². The first-order valence-electron chi connectivity index (χ1n) is 7.54. The fourth-order valence-electron chi connectivity index (χ4n) is 2.19. The summed E-state index contributed by atoms with van der Waals surface area (Å²) >= 11 is 0. The Morgan fingerprint density at radius 1 is 0.926 bits per heavy atom. The molecule has 0 aliphatic carbocycles. The molecule has 8 heteroatoms. The van der Waals surface area contributed by atoms with Crippen molar-refractivity contribution >= 4 is 27.2 Å². The predicted molar refractivity (Wildman–Crippen MR) is 98.7 cm³/mol. The van der Waals surface area contributed by atoms with Crippen LogP contribution in [0.2, 0.25) is 0 Å². The molecule has 0 fully saturated rings. The minimum atomic E-state index is -3.98. The second-order valence-corrected chi connectivity index (χ2v) is 6.81. The van der Waals surface area contributed by atoms with Gasteiger partial charge in [-0.15, -0.1) is 0 Å². The second kappa shape index (κ2) is 8.56. The van der Waals surface area contributed by atoms with Gasteiger partial charge < -0.3 is 0 Å². The van der Waals surface area contributed by atoms with E-state index in [1.807, 2.05) is 0 Å². The average molecular weight is 379 g/mol. The van der Waals surface area contributed by atoms with Crippen molar-refractivity contribution < 1.29 is 17.5 Å². The largest absolute Gasteiger partial charge is 0.325 e. The number of benzene rings is 2. The fraction of sp³-hybridized carbons (Fsp3) is 0.0526. The summed E-state index contributed by atoms with van der Waals surface area (Å²) in [7, 11) is -3.98. The molecule has 7 nitrogen and oxygen atoms in total. The monoisotopic (exact) mass is 379 g/mol.